The van der Waals surface area contributed by atoms with Gasteiger partial charge in [-0.3, -0.25) is 4.79 Å². The highest BCUT2D eigenvalue weighted by molar-refractivity contribution is 7.99. The van der Waals surface area contributed by atoms with Crippen LogP contribution in [0.5, 0.6) is 0 Å². The van der Waals surface area contributed by atoms with Gasteiger partial charge in [0.2, 0.25) is 5.91 Å². The van der Waals surface area contributed by atoms with Crippen molar-refractivity contribution in [3.63, 3.8) is 0 Å². The van der Waals surface area contributed by atoms with Gasteiger partial charge < -0.3 is 5.32 Å². The predicted octanol–water partition coefficient (Wildman–Crippen LogP) is 4.32. The summed E-state index contributed by atoms with van der Waals surface area (Å²) in [6, 6.07) is 16.2. The minimum absolute atomic E-state index is 0.0299. The number of carbonyl (C=O) groups excluding carboxylic acids is 1. The van der Waals surface area contributed by atoms with Crippen molar-refractivity contribution in [3.8, 4) is 0 Å². The van der Waals surface area contributed by atoms with Gasteiger partial charge in [0.15, 0.2) is 0 Å². The molecule has 0 aliphatic rings. The Hall–Kier alpha value is -1.81. The van der Waals surface area contributed by atoms with E-state index in [0.29, 0.717) is 0 Å². The van der Waals surface area contributed by atoms with Gasteiger partial charge in [0.05, 0.1) is 11.3 Å². The van der Waals surface area contributed by atoms with Crippen LogP contribution in [0.15, 0.2) is 54.6 Å². The normalized spacial score (nSPS) is 13.4. The van der Waals surface area contributed by atoms with Crippen molar-refractivity contribution >= 4 is 17.7 Å². The van der Waals surface area contributed by atoms with Crippen LogP contribution in [0.1, 0.15) is 31.0 Å². The summed E-state index contributed by atoms with van der Waals surface area (Å²) in [7, 11) is 0. The van der Waals surface area contributed by atoms with Crippen LogP contribution in [0, 0.1) is 5.82 Å². The van der Waals surface area contributed by atoms with E-state index in [1.807, 2.05) is 50.2 Å². The molecule has 0 aliphatic heterocycles. The van der Waals surface area contributed by atoms with Gasteiger partial charge in [-0.15, -0.1) is 11.8 Å². The van der Waals surface area contributed by atoms with Gasteiger partial charge in [-0.25, -0.2) is 4.39 Å². The summed E-state index contributed by atoms with van der Waals surface area (Å²) in [5.74, 6) is 0.479. The average Bonchev–Trinajstić information content (AvgIpc) is 2.53. The molecule has 0 bridgehead atoms. The number of carbonyl (C=O) groups is 1. The average molecular weight is 317 g/mol. The molecule has 1 N–H and O–H groups in total. The Morgan fingerprint density at radius 3 is 2.55 bits per heavy atom. The SMILES string of the molecule is CC(SCc1ccccc1)C(=O)NC(C)c1cccc(F)c1. The van der Waals surface area contributed by atoms with Gasteiger partial charge in [-0.2, -0.15) is 0 Å². The minimum atomic E-state index is -0.287. The zero-order chi connectivity index (χ0) is 15.9. The Kier molecular flexibility index (Phi) is 6.01. The molecule has 0 saturated heterocycles. The van der Waals surface area contributed by atoms with Crippen molar-refractivity contribution in [2.24, 2.45) is 0 Å². The molecular formula is C18H20FNOS. The van der Waals surface area contributed by atoms with Gasteiger partial charge in [-0.05, 0) is 37.1 Å². The van der Waals surface area contributed by atoms with E-state index in [0.717, 1.165) is 11.3 Å². The van der Waals surface area contributed by atoms with Crippen LogP contribution in [0.25, 0.3) is 0 Å². The smallest absolute Gasteiger partial charge is 0.233 e. The van der Waals surface area contributed by atoms with Gasteiger partial charge >= 0.3 is 0 Å². The van der Waals surface area contributed by atoms with Gasteiger partial charge in [0.25, 0.3) is 0 Å². The topological polar surface area (TPSA) is 29.1 Å². The maximum Gasteiger partial charge on any atom is 0.233 e. The third-order valence-corrected chi connectivity index (χ3v) is 4.63. The number of amides is 1. The first kappa shape index (κ1) is 16.6. The summed E-state index contributed by atoms with van der Waals surface area (Å²) in [6.45, 7) is 3.75. The molecule has 2 nitrogen and oxygen atoms in total. The van der Waals surface area contributed by atoms with Crippen molar-refractivity contribution in [1.82, 2.24) is 5.32 Å². The summed E-state index contributed by atoms with van der Waals surface area (Å²) < 4.78 is 13.2. The van der Waals surface area contributed by atoms with E-state index in [1.165, 1.54) is 17.7 Å². The number of thioether (sulfide) groups is 1. The first-order valence-electron chi connectivity index (χ1n) is 7.27. The highest BCUT2D eigenvalue weighted by atomic mass is 32.2. The van der Waals surface area contributed by atoms with E-state index in [1.54, 1.807) is 17.8 Å². The predicted molar refractivity (Wildman–Crippen MR) is 90.2 cm³/mol. The third-order valence-electron chi connectivity index (χ3n) is 3.42. The molecule has 22 heavy (non-hydrogen) atoms. The molecule has 0 saturated carbocycles. The monoisotopic (exact) mass is 317 g/mol. The lowest BCUT2D eigenvalue weighted by Crippen LogP contribution is -2.33. The lowest BCUT2D eigenvalue weighted by molar-refractivity contribution is -0.120. The second-order valence-electron chi connectivity index (χ2n) is 5.22. The number of nitrogens with one attached hydrogen (secondary N) is 1. The number of benzene rings is 2. The van der Waals surface area contributed by atoms with Crippen molar-refractivity contribution in [2.75, 3.05) is 0 Å². The largest absolute Gasteiger partial charge is 0.349 e. The summed E-state index contributed by atoms with van der Waals surface area (Å²) in [5, 5.41) is 2.78. The van der Waals surface area contributed by atoms with E-state index < -0.39 is 0 Å². The molecule has 1 amide bonds. The number of halogens is 1. The molecule has 0 aliphatic carbocycles. The quantitative estimate of drug-likeness (QED) is 0.859. The van der Waals surface area contributed by atoms with E-state index >= 15 is 0 Å². The van der Waals surface area contributed by atoms with Crippen molar-refractivity contribution in [2.45, 2.75) is 30.9 Å². The number of hydrogen-bond acceptors (Lipinski definition) is 2. The Labute approximate surface area is 135 Å². The molecular weight excluding hydrogens is 297 g/mol. The molecule has 116 valence electrons. The summed E-state index contributed by atoms with van der Waals surface area (Å²) in [4.78, 5) is 12.2. The van der Waals surface area contributed by atoms with Crippen LogP contribution >= 0.6 is 11.8 Å². The molecule has 0 aromatic heterocycles. The summed E-state index contributed by atoms with van der Waals surface area (Å²) in [6.07, 6.45) is 0. The van der Waals surface area contributed by atoms with E-state index in [-0.39, 0.29) is 23.0 Å². The van der Waals surface area contributed by atoms with Gasteiger partial charge in [0, 0.05) is 5.75 Å². The zero-order valence-corrected chi connectivity index (χ0v) is 13.6. The summed E-state index contributed by atoms with van der Waals surface area (Å²) >= 11 is 1.59. The highest BCUT2D eigenvalue weighted by Crippen LogP contribution is 2.19. The Morgan fingerprint density at radius 1 is 1.14 bits per heavy atom. The molecule has 0 fully saturated rings. The van der Waals surface area contributed by atoms with Crippen LogP contribution < -0.4 is 5.32 Å². The third kappa shape index (κ3) is 4.88. The zero-order valence-electron chi connectivity index (χ0n) is 12.8. The first-order valence-corrected chi connectivity index (χ1v) is 8.32. The maximum atomic E-state index is 13.2. The Balaban J connectivity index is 1.85. The molecule has 2 atom stereocenters. The van der Waals surface area contributed by atoms with Crippen LogP contribution in [-0.2, 0) is 10.5 Å². The molecule has 2 aromatic rings. The lowest BCUT2D eigenvalue weighted by Gasteiger charge is -2.18. The van der Waals surface area contributed by atoms with Gasteiger partial charge in [0.1, 0.15) is 5.82 Å². The fourth-order valence-corrected chi connectivity index (χ4v) is 2.92. The van der Waals surface area contributed by atoms with Crippen LogP contribution in [0.3, 0.4) is 0 Å². The molecule has 0 heterocycles. The molecule has 0 spiro atoms. The molecule has 2 aromatic carbocycles. The maximum absolute atomic E-state index is 13.2. The number of hydrogen-bond donors (Lipinski definition) is 1. The Morgan fingerprint density at radius 2 is 1.86 bits per heavy atom. The van der Waals surface area contributed by atoms with Crippen molar-refractivity contribution in [3.05, 3.63) is 71.5 Å². The van der Waals surface area contributed by atoms with Crippen LogP contribution in [0.4, 0.5) is 4.39 Å². The fraction of sp³-hybridized carbons (Fsp3) is 0.278. The molecule has 0 radical (unpaired) electrons. The van der Waals surface area contributed by atoms with Gasteiger partial charge in [-0.1, -0.05) is 42.5 Å². The second kappa shape index (κ2) is 7.99. The van der Waals surface area contributed by atoms with Crippen molar-refractivity contribution < 1.29 is 9.18 Å². The molecule has 4 heteroatoms. The summed E-state index contributed by atoms with van der Waals surface area (Å²) in [5.41, 5.74) is 1.97. The fourth-order valence-electron chi connectivity index (χ4n) is 2.06. The number of rotatable bonds is 6. The second-order valence-corrected chi connectivity index (χ2v) is 6.55. The minimum Gasteiger partial charge on any atom is -0.349 e. The van der Waals surface area contributed by atoms with E-state index in [9.17, 15) is 9.18 Å². The van der Waals surface area contributed by atoms with E-state index in [4.69, 9.17) is 0 Å². The lowest BCUT2D eigenvalue weighted by atomic mass is 10.1. The molecule has 2 unspecified atom stereocenters. The standard InChI is InChI=1S/C18H20FNOS/c1-13(16-9-6-10-17(19)11-16)20-18(21)14(2)22-12-15-7-4-3-5-8-15/h3-11,13-14H,12H2,1-2H3,(H,20,21). The molecule has 2 rings (SSSR count). The first-order chi connectivity index (χ1) is 10.6. The van der Waals surface area contributed by atoms with Crippen LogP contribution in [-0.4, -0.2) is 11.2 Å². The highest BCUT2D eigenvalue weighted by Gasteiger charge is 2.16. The Bertz CT molecular complexity index is 617. The van der Waals surface area contributed by atoms with Crippen molar-refractivity contribution in [1.29, 1.82) is 0 Å². The van der Waals surface area contributed by atoms with E-state index in [2.05, 4.69) is 5.32 Å². The van der Waals surface area contributed by atoms with Crippen LogP contribution in [0.2, 0.25) is 0 Å².